The number of halogens is 1. The van der Waals surface area contributed by atoms with Gasteiger partial charge in [0.15, 0.2) is 4.32 Å². The lowest BCUT2D eigenvalue weighted by Crippen LogP contribution is -2.44. The summed E-state index contributed by atoms with van der Waals surface area (Å²) in [4.78, 5) is 36.8. The van der Waals surface area contributed by atoms with Gasteiger partial charge >= 0.3 is 5.97 Å². The molecule has 2 heterocycles. The van der Waals surface area contributed by atoms with E-state index in [0.717, 1.165) is 16.8 Å². The van der Waals surface area contributed by atoms with E-state index in [1.165, 1.54) is 31.4 Å². The summed E-state index contributed by atoms with van der Waals surface area (Å²) in [7, 11) is 1.52. The lowest BCUT2D eigenvalue weighted by Gasteiger charge is -2.15. The molecular weight excluding hydrogens is 500 g/mol. The van der Waals surface area contributed by atoms with Gasteiger partial charge in [-0.3, -0.25) is 15.0 Å². The number of carboxylic acid groups (broad SMARTS) is 1. The molecule has 0 bridgehead atoms. The third-order valence-corrected chi connectivity index (χ3v) is 6.37. The fourth-order valence-corrected chi connectivity index (χ4v) is 4.39. The topological polar surface area (TPSA) is 109 Å². The number of hydrogen-bond acceptors (Lipinski definition) is 7. The molecule has 172 valence electrons. The van der Waals surface area contributed by atoms with Crippen molar-refractivity contribution in [3.63, 3.8) is 0 Å². The van der Waals surface area contributed by atoms with Gasteiger partial charge in [0, 0.05) is 17.2 Å². The maximum absolute atomic E-state index is 12.8. The van der Waals surface area contributed by atoms with Crippen molar-refractivity contribution in [2.75, 3.05) is 7.11 Å². The molecule has 4 rings (SSSR count). The summed E-state index contributed by atoms with van der Waals surface area (Å²) in [6.07, 6.45) is 1.48. The molecule has 11 heteroatoms. The standard InChI is InChI=1S/C23H15ClN2O6S2/c1-31-14-5-2-12(3-6-14)20(27)25-26-21(28)19(34-23(26)33)11-15-7-9-18(32-15)16-10-13(22(29)30)4-8-17(16)24/h2-11H,1H3,(H,25,27)(H,29,30)/b19-11-. The average molecular weight is 515 g/mol. The lowest BCUT2D eigenvalue weighted by atomic mass is 10.1. The Kier molecular flexibility index (Phi) is 6.73. The van der Waals surface area contributed by atoms with Gasteiger partial charge in [0.2, 0.25) is 0 Å². The minimum absolute atomic E-state index is 0.0609. The summed E-state index contributed by atoms with van der Waals surface area (Å²) in [5, 5.41) is 10.5. The molecule has 1 aromatic heterocycles. The molecule has 1 aliphatic heterocycles. The summed E-state index contributed by atoms with van der Waals surface area (Å²) < 4.78 is 11.0. The molecule has 0 saturated carbocycles. The second kappa shape index (κ2) is 9.72. The van der Waals surface area contributed by atoms with Crippen LogP contribution in [0.2, 0.25) is 5.02 Å². The number of thioether (sulfide) groups is 1. The SMILES string of the molecule is COc1ccc(C(=O)NN2C(=O)/C(=C/c3ccc(-c4cc(C(=O)O)ccc4Cl)o3)SC2=S)cc1. The summed E-state index contributed by atoms with van der Waals surface area (Å²) in [5.41, 5.74) is 3.29. The van der Waals surface area contributed by atoms with Crippen molar-refractivity contribution in [2.24, 2.45) is 0 Å². The Morgan fingerprint density at radius 1 is 1.15 bits per heavy atom. The maximum Gasteiger partial charge on any atom is 0.335 e. The molecule has 3 aromatic rings. The van der Waals surface area contributed by atoms with E-state index in [1.54, 1.807) is 36.4 Å². The molecule has 1 saturated heterocycles. The molecule has 0 radical (unpaired) electrons. The van der Waals surface area contributed by atoms with Crippen LogP contribution in [0, 0.1) is 0 Å². The zero-order valence-corrected chi connectivity index (χ0v) is 19.8. The Bertz CT molecular complexity index is 1350. The third kappa shape index (κ3) is 4.84. The number of carbonyl (C=O) groups is 3. The van der Waals surface area contributed by atoms with Crippen LogP contribution in [0.5, 0.6) is 5.75 Å². The Labute approximate surface area is 208 Å². The van der Waals surface area contributed by atoms with Crippen LogP contribution in [0.15, 0.2) is 63.9 Å². The zero-order chi connectivity index (χ0) is 24.4. The van der Waals surface area contributed by atoms with Crippen molar-refractivity contribution in [2.45, 2.75) is 0 Å². The van der Waals surface area contributed by atoms with Crippen molar-refractivity contribution in [1.29, 1.82) is 0 Å². The normalized spacial score (nSPS) is 14.5. The van der Waals surface area contributed by atoms with Crippen molar-refractivity contribution < 1.29 is 28.6 Å². The van der Waals surface area contributed by atoms with Gasteiger partial charge in [-0.1, -0.05) is 23.4 Å². The molecule has 8 nitrogen and oxygen atoms in total. The molecule has 34 heavy (non-hydrogen) atoms. The van der Waals surface area contributed by atoms with Gasteiger partial charge in [0.05, 0.1) is 22.6 Å². The minimum Gasteiger partial charge on any atom is -0.497 e. The highest BCUT2D eigenvalue weighted by atomic mass is 35.5. The highest BCUT2D eigenvalue weighted by molar-refractivity contribution is 8.26. The number of furan rings is 1. The Hall–Kier alpha value is -3.60. The highest BCUT2D eigenvalue weighted by Crippen LogP contribution is 2.34. The second-order valence-corrected chi connectivity index (χ2v) is 8.97. The predicted octanol–water partition coefficient (Wildman–Crippen LogP) is 4.85. The van der Waals surface area contributed by atoms with Gasteiger partial charge in [0.25, 0.3) is 11.8 Å². The average Bonchev–Trinajstić information content (AvgIpc) is 3.39. The number of thiocarbonyl (C=S) groups is 1. The van der Waals surface area contributed by atoms with Crippen LogP contribution in [-0.4, -0.2) is 39.3 Å². The van der Waals surface area contributed by atoms with E-state index in [9.17, 15) is 19.5 Å². The number of aromatic carboxylic acids is 1. The summed E-state index contributed by atoms with van der Waals surface area (Å²) in [5.74, 6) is -0.852. The second-order valence-electron chi connectivity index (χ2n) is 6.89. The number of amides is 2. The number of hydrazine groups is 1. The van der Waals surface area contributed by atoms with Gasteiger partial charge in [0.1, 0.15) is 17.3 Å². The zero-order valence-electron chi connectivity index (χ0n) is 17.4. The van der Waals surface area contributed by atoms with Gasteiger partial charge < -0.3 is 14.3 Å². The number of carbonyl (C=O) groups excluding carboxylic acids is 2. The maximum atomic E-state index is 12.8. The van der Waals surface area contributed by atoms with E-state index in [4.69, 9.17) is 33.0 Å². The van der Waals surface area contributed by atoms with E-state index < -0.39 is 17.8 Å². The summed E-state index contributed by atoms with van der Waals surface area (Å²) in [6.45, 7) is 0. The van der Waals surface area contributed by atoms with Crippen LogP contribution >= 0.6 is 35.6 Å². The van der Waals surface area contributed by atoms with Crippen molar-refractivity contribution in [1.82, 2.24) is 10.4 Å². The third-order valence-electron chi connectivity index (χ3n) is 4.74. The van der Waals surface area contributed by atoms with Gasteiger partial charge in [-0.05, 0) is 66.8 Å². The van der Waals surface area contributed by atoms with Crippen LogP contribution in [0.1, 0.15) is 26.5 Å². The fraction of sp³-hybridized carbons (Fsp3) is 0.0435. The van der Waals surface area contributed by atoms with Gasteiger partial charge in [-0.15, -0.1) is 0 Å². The molecule has 2 amide bonds. The number of hydrogen-bond donors (Lipinski definition) is 2. The van der Waals surface area contributed by atoms with Crippen LogP contribution in [0.3, 0.4) is 0 Å². The first-order valence-electron chi connectivity index (χ1n) is 9.63. The van der Waals surface area contributed by atoms with Crippen molar-refractivity contribution in [3.8, 4) is 17.1 Å². The number of carboxylic acids is 1. The van der Waals surface area contributed by atoms with Gasteiger partial charge in [-0.2, -0.15) is 5.01 Å². The molecule has 0 atom stereocenters. The smallest absolute Gasteiger partial charge is 0.335 e. The van der Waals surface area contributed by atoms with E-state index in [1.807, 2.05) is 0 Å². The molecule has 2 N–H and O–H groups in total. The van der Waals surface area contributed by atoms with Crippen LogP contribution in [0.4, 0.5) is 0 Å². The van der Waals surface area contributed by atoms with Crippen LogP contribution < -0.4 is 10.2 Å². The molecule has 0 spiro atoms. The van der Waals surface area contributed by atoms with E-state index in [-0.39, 0.29) is 14.8 Å². The number of nitrogens with one attached hydrogen (secondary N) is 1. The highest BCUT2D eigenvalue weighted by Gasteiger charge is 2.34. The first-order valence-corrected chi connectivity index (χ1v) is 11.2. The molecule has 0 unspecified atom stereocenters. The number of ether oxygens (including phenoxy) is 1. The van der Waals surface area contributed by atoms with Crippen molar-refractivity contribution >= 4 is 63.8 Å². The predicted molar refractivity (Wildman–Crippen MR) is 132 cm³/mol. The first kappa shape index (κ1) is 23.6. The Balaban J connectivity index is 1.52. The Morgan fingerprint density at radius 2 is 1.85 bits per heavy atom. The number of rotatable bonds is 6. The van der Waals surface area contributed by atoms with E-state index in [0.29, 0.717) is 33.4 Å². The van der Waals surface area contributed by atoms with Gasteiger partial charge in [-0.25, -0.2) is 4.79 Å². The fourth-order valence-electron chi connectivity index (χ4n) is 3.02. The lowest BCUT2D eigenvalue weighted by molar-refractivity contribution is -0.123. The summed E-state index contributed by atoms with van der Waals surface area (Å²) in [6, 6.07) is 13.9. The van der Waals surface area contributed by atoms with Crippen LogP contribution in [0.25, 0.3) is 17.4 Å². The Morgan fingerprint density at radius 3 is 2.53 bits per heavy atom. The monoisotopic (exact) mass is 514 g/mol. The summed E-state index contributed by atoms with van der Waals surface area (Å²) >= 11 is 12.4. The van der Waals surface area contributed by atoms with E-state index in [2.05, 4.69) is 5.43 Å². The molecule has 2 aromatic carbocycles. The van der Waals surface area contributed by atoms with Crippen molar-refractivity contribution in [3.05, 3.63) is 81.4 Å². The number of benzene rings is 2. The number of methoxy groups -OCH3 is 1. The minimum atomic E-state index is -1.09. The molecule has 0 aliphatic carbocycles. The molecule has 1 fully saturated rings. The molecular formula is C23H15ClN2O6S2. The molecule has 1 aliphatic rings. The van der Waals surface area contributed by atoms with Crippen LogP contribution in [-0.2, 0) is 4.79 Å². The largest absolute Gasteiger partial charge is 0.497 e. The van der Waals surface area contributed by atoms with E-state index >= 15 is 0 Å². The number of nitrogens with zero attached hydrogens (tertiary/aromatic N) is 1. The quantitative estimate of drug-likeness (QED) is 0.355. The first-order chi connectivity index (χ1) is 16.3.